The van der Waals surface area contributed by atoms with Crippen molar-refractivity contribution in [3.63, 3.8) is 0 Å². The van der Waals surface area contributed by atoms with Crippen LogP contribution in [0.25, 0.3) is 10.9 Å². The number of para-hydroxylation sites is 1. The molecule has 1 aromatic heterocycles. The normalized spacial score (nSPS) is 12.7. The highest BCUT2D eigenvalue weighted by atomic mass is 14.8. The fraction of sp³-hybridized carbons (Fsp3) is 0.222. The van der Waals surface area contributed by atoms with E-state index in [1.165, 1.54) is 22.0 Å². The summed E-state index contributed by atoms with van der Waals surface area (Å²) in [6, 6.07) is 19.3. The van der Waals surface area contributed by atoms with E-state index < -0.39 is 0 Å². The molecule has 3 aromatic rings. The Hall–Kier alpha value is -2.06. The van der Waals surface area contributed by atoms with E-state index >= 15 is 0 Å². The molecule has 0 spiro atoms. The molecular formula is C18H20N2. The Labute approximate surface area is 119 Å². The number of aromatic amines is 1. The lowest BCUT2D eigenvalue weighted by molar-refractivity contribution is 0.664. The first-order chi connectivity index (χ1) is 9.90. The molecule has 0 fully saturated rings. The van der Waals surface area contributed by atoms with Gasteiger partial charge in [0.2, 0.25) is 0 Å². The van der Waals surface area contributed by atoms with Crippen LogP contribution in [0.3, 0.4) is 0 Å². The number of aromatic nitrogens is 1. The van der Waals surface area contributed by atoms with Gasteiger partial charge in [0.1, 0.15) is 0 Å². The van der Waals surface area contributed by atoms with Gasteiger partial charge in [-0.1, -0.05) is 48.5 Å². The quantitative estimate of drug-likeness (QED) is 0.718. The van der Waals surface area contributed by atoms with E-state index in [2.05, 4.69) is 71.1 Å². The number of H-pyrrole nitrogens is 1. The molecule has 2 aromatic carbocycles. The molecular weight excluding hydrogens is 244 g/mol. The van der Waals surface area contributed by atoms with Gasteiger partial charge in [-0.25, -0.2) is 0 Å². The Morgan fingerprint density at radius 2 is 1.75 bits per heavy atom. The lowest BCUT2D eigenvalue weighted by Crippen LogP contribution is -2.13. The van der Waals surface area contributed by atoms with Crippen LogP contribution in [0.4, 0.5) is 0 Å². The fourth-order valence-electron chi connectivity index (χ4n) is 2.86. The minimum atomic E-state index is 0.430. The lowest BCUT2D eigenvalue weighted by atomic mass is 9.88. The number of hydrogen-bond donors (Lipinski definition) is 2. The molecule has 20 heavy (non-hydrogen) atoms. The maximum absolute atomic E-state index is 3.39. The maximum atomic E-state index is 3.39. The highest BCUT2D eigenvalue weighted by molar-refractivity contribution is 5.84. The Morgan fingerprint density at radius 1 is 1.00 bits per heavy atom. The zero-order chi connectivity index (χ0) is 13.8. The smallest absolute Gasteiger partial charge is 0.0457 e. The Morgan fingerprint density at radius 3 is 2.55 bits per heavy atom. The first-order valence-corrected chi connectivity index (χ1v) is 7.15. The second-order valence-corrected chi connectivity index (χ2v) is 5.15. The second-order valence-electron chi connectivity index (χ2n) is 5.15. The SMILES string of the molecule is CNCC[C@H](c1ccccc1)c1c[nH]c2ccccc12. The van der Waals surface area contributed by atoms with E-state index in [1.807, 2.05) is 7.05 Å². The fourth-order valence-corrected chi connectivity index (χ4v) is 2.86. The number of rotatable bonds is 5. The largest absolute Gasteiger partial charge is 0.361 e. The van der Waals surface area contributed by atoms with Gasteiger partial charge in [0.25, 0.3) is 0 Å². The predicted octanol–water partition coefficient (Wildman–Crippen LogP) is 3.91. The molecule has 0 aliphatic rings. The Kier molecular flexibility index (Phi) is 3.84. The molecule has 0 aliphatic carbocycles. The van der Waals surface area contributed by atoms with Crippen molar-refractivity contribution in [1.82, 2.24) is 10.3 Å². The third-order valence-electron chi connectivity index (χ3n) is 3.88. The number of nitrogens with one attached hydrogen (secondary N) is 2. The molecule has 0 aliphatic heterocycles. The van der Waals surface area contributed by atoms with E-state index in [0.29, 0.717) is 5.92 Å². The average molecular weight is 264 g/mol. The van der Waals surface area contributed by atoms with Gasteiger partial charge in [0, 0.05) is 23.0 Å². The van der Waals surface area contributed by atoms with Crippen LogP contribution >= 0.6 is 0 Å². The second kappa shape index (κ2) is 5.93. The summed E-state index contributed by atoms with van der Waals surface area (Å²) in [4.78, 5) is 3.39. The van der Waals surface area contributed by atoms with Crippen LogP contribution in [0.1, 0.15) is 23.5 Å². The molecule has 0 unspecified atom stereocenters. The lowest BCUT2D eigenvalue weighted by Gasteiger charge is -2.17. The van der Waals surface area contributed by atoms with Gasteiger partial charge in [-0.05, 0) is 37.2 Å². The van der Waals surface area contributed by atoms with E-state index in [4.69, 9.17) is 0 Å². The van der Waals surface area contributed by atoms with Crippen molar-refractivity contribution in [3.05, 3.63) is 71.9 Å². The molecule has 0 radical (unpaired) electrons. The van der Waals surface area contributed by atoms with Gasteiger partial charge in [-0.3, -0.25) is 0 Å². The summed E-state index contributed by atoms with van der Waals surface area (Å²) < 4.78 is 0. The molecule has 0 saturated carbocycles. The summed E-state index contributed by atoms with van der Waals surface area (Å²) in [7, 11) is 2.01. The van der Waals surface area contributed by atoms with Gasteiger partial charge >= 0.3 is 0 Å². The molecule has 1 heterocycles. The molecule has 0 saturated heterocycles. The Balaban J connectivity index is 2.05. The zero-order valence-corrected chi connectivity index (χ0v) is 11.8. The minimum absolute atomic E-state index is 0.430. The summed E-state index contributed by atoms with van der Waals surface area (Å²) in [6.07, 6.45) is 3.26. The first-order valence-electron chi connectivity index (χ1n) is 7.15. The summed E-state index contributed by atoms with van der Waals surface area (Å²) >= 11 is 0. The topological polar surface area (TPSA) is 27.8 Å². The molecule has 0 amide bonds. The van der Waals surface area contributed by atoms with Crippen molar-refractivity contribution in [1.29, 1.82) is 0 Å². The van der Waals surface area contributed by atoms with E-state index in [0.717, 1.165) is 13.0 Å². The van der Waals surface area contributed by atoms with Gasteiger partial charge < -0.3 is 10.3 Å². The minimum Gasteiger partial charge on any atom is -0.361 e. The third kappa shape index (κ3) is 2.47. The molecule has 102 valence electrons. The van der Waals surface area contributed by atoms with Crippen molar-refractivity contribution < 1.29 is 0 Å². The van der Waals surface area contributed by atoms with Gasteiger partial charge in [-0.15, -0.1) is 0 Å². The van der Waals surface area contributed by atoms with Crippen molar-refractivity contribution in [2.75, 3.05) is 13.6 Å². The number of benzene rings is 2. The van der Waals surface area contributed by atoms with Crippen LogP contribution in [0.15, 0.2) is 60.8 Å². The van der Waals surface area contributed by atoms with E-state index in [1.54, 1.807) is 0 Å². The van der Waals surface area contributed by atoms with E-state index in [9.17, 15) is 0 Å². The van der Waals surface area contributed by atoms with Crippen molar-refractivity contribution in [3.8, 4) is 0 Å². The highest BCUT2D eigenvalue weighted by Gasteiger charge is 2.17. The predicted molar refractivity (Wildman–Crippen MR) is 85.1 cm³/mol. The van der Waals surface area contributed by atoms with Crippen LogP contribution < -0.4 is 5.32 Å². The number of fused-ring (bicyclic) bond motifs is 1. The highest BCUT2D eigenvalue weighted by Crippen LogP contribution is 2.32. The van der Waals surface area contributed by atoms with Crippen LogP contribution in [0.5, 0.6) is 0 Å². The summed E-state index contributed by atoms with van der Waals surface area (Å²) in [5.74, 6) is 0.430. The van der Waals surface area contributed by atoms with Crippen LogP contribution in [-0.4, -0.2) is 18.6 Å². The van der Waals surface area contributed by atoms with Crippen LogP contribution in [-0.2, 0) is 0 Å². The standard InChI is InChI=1S/C18H20N2/c1-19-12-11-15(14-7-3-2-4-8-14)17-13-20-18-10-6-5-9-16(17)18/h2-10,13,15,19-20H,11-12H2,1H3/t15-/m1/s1. The Bertz CT molecular complexity index is 670. The van der Waals surface area contributed by atoms with E-state index in [-0.39, 0.29) is 0 Å². The van der Waals surface area contributed by atoms with Crippen molar-refractivity contribution in [2.45, 2.75) is 12.3 Å². The average Bonchev–Trinajstić information content (AvgIpc) is 2.93. The van der Waals surface area contributed by atoms with Crippen LogP contribution in [0, 0.1) is 0 Å². The third-order valence-corrected chi connectivity index (χ3v) is 3.88. The summed E-state index contributed by atoms with van der Waals surface area (Å²) in [5.41, 5.74) is 3.99. The number of hydrogen-bond acceptors (Lipinski definition) is 1. The first kappa shape index (κ1) is 12.9. The van der Waals surface area contributed by atoms with Gasteiger partial charge in [0.05, 0.1) is 0 Å². The molecule has 3 rings (SSSR count). The molecule has 0 bridgehead atoms. The van der Waals surface area contributed by atoms with Gasteiger partial charge in [0.15, 0.2) is 0 Å². The van der Waals surface area contributed by atoms with Crippen LogP contribution in [0.2, 0.25) is 0 Å². The molecule has 2 N–H and O–H groups in total. The molecule has 2 nitrogen and oxygen atoms in total. The zero-order valence-electron chi connectivity index (χ0n) is 11.8. The maximum Gasteiger partial charge on any atom is 0.0457 e. The van der Waals surface area contributed by atoms with Gasteiger partial charge in [-0.2, -0.15) is 0 Å². The van der Waals surface area contributed by atoms with Crippen molar-refractivity contribution >= 4 is 10.9 Å². The molecule has 2 heteroatoms. The summed E-state index contributed by atoms with van der Waals surface area (Å²) in [6.45, 7) is 1.01. The monoisotopic (exact) mass is 264 g/mol. The van der Waals surface area contributed by atoms with Crippen molar-refractivity contribution in [2.24, 2.45) is 0 Å². The molecule has 1 atom stereocenters. The summed E-state index contributed by atoms with van der Waals surface area (Å²) in [5, 5.41) is 4.60.